The second-order valence-corrected chi connectivity index (χ2v) is 8.62. The fourth-order valence-electron chi connectivity index (χ4n) is 4.00. The number of nitrogen functional groups attached to an aromatic ring is 1. The summed E-state index contributed by atoms with van der Waals surface area (Å²) >= 11 is 6.25. The molecule has 126 valence electrons. The molecule has 2 heterocycles. The molecule has 1 spiro atoms. The molecule has 4 nitrogen and oxygen atoms in total. The molecule has 2 aliphatic rings. The molecule has 2 aromatic rings. The van der Waals surface area contributed by atoms with Gasteiger partial charge in [0.05, 0.1) is 6.20 Å². The zero-order valence-corrected chi connectivity index (χ0v) is 16.8. The molecule has 1 saturated carbocycles. The SMILES string of the molecule is Nc1nc(N2CCC3(CCC3)CC2)cnc1-c1cccc(Cl)c1[SiH3]. The van der Waals surface area contributed by atoms with Gasteiger partial charge in [0.1, 0.15) is 11.5 Å². The summed E-state index contributed by atoms with van der Waals surface area (Å²) in [5.41, 5.74) is 8.64. The van der Waals surface area contributed by atoms with Crippen molar-refractivity contribution < 1.29 is 0 Å². The van der Waals surface area contributed by atoms with E-state index in [1.165, 1.54) is 32.1 Å². The maximum Gasteiger partial charge on any atom is 0.152 e. The molecule has 1 aliphatic heterocycles. The minimum Gasteiger partial charge on any atom is -0.382 e. The lowest BCUT2D eigenvalue weighted by atomic mass is 9.63. The third kappa shape index (κ3) is 2.69. The van der Waals surface area contributed by atoms with Crippen molar-refractivity contribution in [3.63, 3.8) is 0 Å². The Morgan fingerprint density at radius 1 is 1.17 bits per heavy atom. The van der Waals surface area contributed by atoms with Gasteiger partial charge in [0.2, 0.25) is 0 Å². The van der Waals surface area contributed by atoms with Crippen molar-refractivity contribution in [3.8, 4) is 11.3 Å². The standard InChI is InChI=1S/C18H23ClN4Si/c19-13-4-1-3-12(16(13)24)15-17(20)22-14(11-21-15)23-9-7-18(8-10-23)5-2-6-18/h1,3-4,11H,2,5-10H2,24H3,(H2,20,22). The third-order valence-corrected chi connectivity index (χ3v) is 7.68. The van der Waals surface area contributed by atoms with Crippen molar-refractivity contribution in [1.82, 2.24) is 9.97 Å². The van der Waals surface area contributed by atoms with Gasteiger partial charge >= 0.3 is 0 Å². The van der Waals surface area contributed by atoms with Crippen LogP contribution in [0.25, 0.3) is 11.3 Å². The molecular weight excluding hydrogens is 336 g/mol. The van der Waals surface area contributed by atoms with Crippen LogP contribution < -0.4 is 15.8 Å². The van der Waals surface area contributed by atoms with Gasteiger partial charge in [0.15, 0.2) is 5.82 Å². The molecule has 4 rings (SSSR count). The summed E-state index contributed by atoms with van der Waals surface area (Å²) in [6.07, 6.45) is 8.64. The molecule has 0 bridgehead atoms. The number of benzene rings is 1. The number of hydrogen-bond acceptors (Lipinski definition) is 4. The first kappa shape index (κ1) is 15.9. The quantitative estimate of drug-likeness (QED) is 0.836. The largest absolute Gasteiger partial charge is 0.382 e. The van der Waals surface area contributed by atoms with Crippen LogP contribution in [0.3, 0.4) is 0 Å². The highest BCUT2D eigenvalue weighted by Crippen LogP contribution is 2.49. The number of piperidine rings is 1. The Hall–Kier alpha value is -1.59. The first-order valence-corrected chi connectivity index (χ1v) is 10.1. The molecule has 6 heteroatoms. The van der Waals surface area contributed by atoms with Gasteiger partial charge in [0, 0.05) is 33.9 Å². The van der Waals surface area contributed by atoms with Crippen LogP contribution >= 0.6 is 11.6 Å². The number of anilines is 2. The Balaban J connectivity index is 1.57. The van der Waals surface area contributed by atoms with E-state index in [9.17, 15) is 0 Å². The van der Waals surface area contributed by atoms with Gasteiger partial charge < -0.3 is 10.6 Å². The van der Waals surface area contributed by atoms with E-state index in [1.54, 1.807) is 0 Å². The lowest BCUT2D eigenvalue weighted by Crippen LogP contribution is -2.44. The van der Waals surface area contributed by atoms with E-state index in [-0.39, 0.29) is 0 Å². The van der Waals surface area contributed by atoms with Crippen LogP contribution in [0, 0.1) is 5.41 Å². The molecule has 1 aromatic heterocycles. The molecular formula is C18H23ClN4Si. The first-order valence-electron chi connectivity index (χ1n) is 8.71. The normalized spacial score (nSPS) is 19.5. The Bertz CT molecular complexity index is 766. The van der Waals surface area contributed by atoms with Crippen molar-refractivity contribution >= 4 is 38.7 Å². The van der Waals surface area contributed by atoms with Gasteiger partial charge in [-0.2, -0.15) is 0 Å². The Kier molecular flexibility index (Phi) is 4.01. The van der Waals surface area contributed by atoms with Crippen LogP contribution in [0.2, 0.25) is 5.02 Å². The van der Waals surface area contributed by atoms with Crippen molar-refractivity contribution in [2.75, 3.05) is 23.7 Å². The fourth-order valence-corrected chi connectivity index (χ4v) is 4.75. The van der Waals surface area contributed by atoms with E-state index < -0.39 is 0 Å². The summed E-state index contributed by atoms with van der Waals surface area (Å²) in [7, 11) is 0.851. The summed E-state index contributed by atoms with van der Waals surface area (Å²) in [6.45, 7) is 2.13. The zero-order valence-electron chi connectivity index (χ0n) is 14.1. The van der Waals surface area contributed by atoms with Crippen LogP contribution in [0.4, 0.5) is 11.6 Å². The van der Waals surface area contributed by atoms with Gasteiger partial charge in [0.25, 0.3) is 0 Å². The van der Waals surface area contributed by atoms with E-state index in [0.717, 1.165) is 50.6 Å². The average molecular weight is 359 g/mol. The minimum absolute atomic E-state index is 0.496. The second kappa shape index (κ2) is 6.04. The summed E-state index contributed by atoms with van der Waals surface area (Å²) in [5.74, 6) is 1.40. The molecule has 1 aliphatic carbocycles. The maximum atomic E-state index is 6.25. The average Bonchev–Trinajstić information content (AvgIpc) is 2.56. The summed E-state index contributed by atoms with van der Waals surface area (Å²) < 4.78 is 0. The molecule has 0 amide bonds. The lowest BCUT2D eigenvalue weighted by molar-refractivity contribution is 0.0953. The van der Waals surface area contributed by atoms with Gasteiger partial charge in [-0.15, -0.1) is 0 Å². The number of halogens is 1. The minimum atomic E-state index is 0.496. The maximum absolute atomic E-state index is 6.25. The summed E-state index contributed by atoms with van der Waals surface area (Å²) in [6, 6.07) is 5.88. The number of rotatable bonds is 2. The number of nitrogens with two attached hydrogens (primary N) is 1. The number of nitrogens with zero attached hydrogens (tertiary/aromatic N) is 3. The second-order valence-electron chi connectivity index (χ2n) is 7.22. The molecule has 1 aromatic carbocycles. The molecule has 1 saturated heterocycles. The van der Waals surface area contributed by atoms with Crippen LogP contribution in [0.15, 0.2) is 24.4 Å². The smallest absolute Gasteiger partial charge is 0.152 e. The molecule has 0 unspecified atom stereocenters. The third-order valence-electron chi connectivity index (χ3n) is 5.87. The van der Waals surface area contributed by atoms with Gasteiger partial charge in [-0.25, -0.2) is 9.97 Å². The van der Waals surface area contributed by atoms with Crippen LogP contribution in [0.1, 0.15) is 32.1 Å². The highest BCUT2D eigenvalue weighted by molar-refractivity contribution is 6.47. The van der Waals surface area contributed by atoms with Crippen LogP contribution in [-0.2, 0) is 0 Å². The van der Waals surface area contributed by atoms with Crippen molar-refractivity contribution in [3.05, 3.63) is 29.4 Å². The Labute approximate surface area is 150 Å². The van der Waals surface area contributed by atoms with Crippen molar-refractivity contribution in [2.45, 2.75) is 32.1 Å². The molecule has 24 heavy (non-hydrogen) atoms. The summed E-state index contributed by atoms with van der Waals surface area (Å²) in [5, 5.41) is 1.91. The molecule has 2 N–H and O–H groups in total. The van der Waals surface area contributed by atoms with Crippen LogP contribution in [-0.4, -0.2) is 33.3 Å². The van der Waals surface area contributed by atoms with Gasteiger partial charge in [-0.1, -0.05) is 30.2 Å². The monoisotopic (exact) mass is 358 g/mol. The predicted octanol–water partition coefficient (Wildman–Crippen LogP) is 2.14. The van der Waals surface area contributed by atoms with E-state index >= 15 is 0 Å². The summed E-state index contributed by atoms with van der Waals surface area (Å²) in [4.78, 5) is 11.6. The predicted molar refractivity (Wildman–Crippen MR) is 104 cm³/mol. The topological polar surface area (TPSA) is 55.0 Å². The van der Waals surface area contributed by atoms with E-state index in [1.807, 2.05) is 24.4 Å². The van der Waals surface area contributed by atoms with E-state index in [2.05, 4.69) is 14.9 Å². The Morgan fingerprint density at radius 3 is 2.54 bits per heavy atom. The molecule has 2 fully saturated rings. The lowest BCUT2D eigenvalue weighted by Gasteiger charge is -2.48. The Morgan fingerprint density at radius 2 is 1.92 bits per heavy atom. The fraction of sp³-hybridized carbons (Fsp3) is 0.444. The molecule has 0 radical (unpaired) electrons. The highest BCUT2D eigenvalue weighted by atomic mass is 35.5. The number of hydrogen-bond donors (Lipinski definition) is 1. The van der Waals surface area contributed by atoms with E-state index in [4.69, 9.17) is 17.3 Å². The first-order chi connectivity index (χ1) is 11.6. The van der Waals surface area contributed by atoms with Gasteiger partial charge in [-0.3, -0.25) is 0 Å². The van der Waals surface area contributed by atoms with Crippen LogP contribution in [0.5, 0.6) is 0 Å². The molecule has 0 atom stereocenters. The zero-order chi connectivity index (χ0) is 16.7. The highest BCUT2D eigenvalue weighted by Gasteiger charge is 2.39. The van der Waals surface area contributed by atoms with E-state index in [0.29, 0.717) is 11.2 Å². The van der Waals surface area contributed by atoms with Crippen molar-refractivity contribution in [1.29, 1.82) is 0 Å². The van der Waals surface area contributed by atoms with Gasteiger partial charge in [-0.05, 0) is 42.4 Å². The number of aromatic nitrogens is 2. The van der Waals surface area contributed by atoms with Crippen molar-refractivity contribution in [2.24, 2.45) is 5.41 Å².